The molecule has 0 saturated carbocycles. The minimum Gasteiger partial charge on any atom is -0.376 e. The van der Waals surface area contributed by atoms with E-state index in [1.165, 1.54) is 24.1 Å². The maximum absolute atomic E-state index is 6.18. The highest BCUT2D eigenvalue weighted by molar-refractivity contribution is 7.15. The Morgan fingerprint density at radius 1 is 1.40 bits per heavy atom. The standard InChI is InChI=1S/C15H25N3OS/c1-2-9-19-11-5-4-8-18(10-11)15-17-14-12(16)6-3-7-13(14)20-15/h11-12H,2-10,16H2,1H3. The van der Waals surface area contributed by atoms with E-state index in [9.17, 15) is 0 Å². The van der Waals surface area contributed by atoms with E-state index < -0.39 is 0 Å². The third-order valence-electron chi connectivity index (χ3n) is 4.19. The number of anilines is 1. The maximum Gasteiger partial charge on any atom is 0.185 e. The van der Waals surface area contributed by atoms with Gasteiger partial charge in [-0.15, -0.1) is 11.3 Å². The Kier molecular flexibility index (Phi) is 4.58. The first-order chi connectivity index (χ1) is 9.78. The molecule has 2 atom stereocenters. The second kappa shape index (κ2) is 6.41. The fourth-order valence-corrected chi connectivity index (χ4v) is 4.31. The van der Waals surface area contributed by atoms with Gasteiger partial charge in [0.1, 0.15) is 0 Å². The van der Waals surface area contributed by atoms with E-state index in [1.54, 1.807) is 0 Å². The van der Waals surface area contributed by atoms with Crippen molar-refractivity contribution < 1.29 is 4.74 Å². The number of aryl methyl sites for hydroxylation is 1. The van der Waals surface area contributed by atoms with Crippen molar-refractivity contribution in [2.24, 2.45) is 5.73 Å². The third kappa shape index (κ3) is 3.00. The molecule has 1 aromatic rings. The molecule has 20 heavy (non-hydrogen) atoms. The molecule has 4 nitrogen and oxygen atoms in total. The van der Waals surface area contributed by atoms with Crippen molar-refractivity contribution in [3.05, 3.63) is 10.6 Å². The molecule has 0 aromatic carbocycles. The number of aromatic nitrogens is 1. The van der Waals surface area contributed by atoms with Crippen LogP contribution in [-0.2, 0) is 11.2 Å². The third-order valence-corrected chi connectivity index (χ3v) is 5.38. The quantitative estimate of drug-likeness (QED) is 0.928. The van der Waals surface area contributed by atoms with Crippen LogP contribution in [-0.4, -0.2) is 30.8 Å². The number of rotatable bonds is 4. The molecule has 1 aliphatic heterocycles. The van der Waals surface area contributed by atoms with E-state index in [-0.39, 0.29) is 6.04 Å². The Morgan fingerprint density at radius 2 is 2.30 bits per heavy atom. The number of nitrogens with two attached hydrogens (primary N) is 1. The number of ether oxygens (including phenoxy) is 1. The van der Waals surface area contributed by atoms with Crippen molar-refractivity contribution in [1.82, 2.24) is 4.98 Å². The molecule has 2 N–H and O–H groups in total. The van der Waals surface area contributed by atoms with Crippen LogP contribution in [0.15, 0.2) is 0 Å². The predicted molar refractivity (Wildman–Crippen MR) is 83.5 cm³/mol. The average Bonchev–Trinajstić information content (AvgIpc) is 2.91. The summed E-state index contributed by atoms with van der Waals surface area (Å²) < 4.78 is 5.92. The van der Waals surface area contributed by atoms with E-state index in [1.807, 2.05) is 11.3 Å². The lowest BCUT2D eigenvalue weighted by Gasteiger charge is -2.32. The summed E-state index contributed by atoms with van der Waals surface area (Å²) in [6, 6.07) is 0.153. The number of piperidine rings is 1. The first-order valence-corrected chi connectivity index (χ1v) is 8.71. The van der Waals surface area contributed by atoms with Crippen LogP contribution >= 0.6 is 11.3 Å². The molecule has 1 saturated heterocycles. The van der Waals surface area contributed by atoms with Crippen LogP contribution in [0.4, 0.5) is 5.13 Å². The monoisotopic (exact) mass is 295 g/mol. The van der Waals surface area contributed by atoms with Gasteiger partial charge < -0.3 is 15.4 Å². The minimum absolute atomic E-state index is 0.153. The topological polar surface area (TPSA) is 51.4 Å². The molecule has 2 unspecified atom stereocenters. The molecule has 0 bridgehead atoms. The van der Waals surface area contributed by atoms with Gasteiger partial charge in [-0.3, -0.25) is 0 Å². The highest BCUT2D eigenvalue weighted by Gasteiger charge is 2.27. The van der Waals surface area contributed by atoms with Gasteiger partial charge in [0.2, 0.25) is 0 Å². The van der Waals surface area contributed by atoms with Crippen LogP contribution in [0.25, 0.3) is 0 Å². The van der Waals surface area contributed by atoms with Crippen molar-refractivity contribution >= 4 is 16.5 Å². The van der Waals surface area contributed by atoms with Crippen LogP contribution in [0.5, 0.6) is 0 Å². The Bertz CT molecular complexity index is 448. The summed E-state index contributed by atoms with van der Waals surface area (Å²) in [5.41, 5.74) is 7.34. The summed E-state index contributed by atoms with van der Waals surface area (Å²) in [5, 5.41) is 1.16. The zero-order valence-corrected chi connectivity index (χ0v) is 13.1. The van der Waals surface area contributed by atoms with Crippen LogP contribution in [0.1, 0.15) is 55.6 Å². The lowest BCUT2D eigenvalue weighted by molar-refractivity contribution is 0.0440. The molecule has 2 heterocycles. The number of thiazole rings is 1. The number of nitrogens with zero attached hydrogens (tertiary/aromatic N) is 2. The van der Waals surface area contributed by atoms with Gasteiger partial charge in [0.05, 0.1) is 11.8 Å². The SMILES string of the molecule is CCCOC1CCCN(c2nc3c(s2)CCCC3N)C1. The molecule has 2 aliphatic rings. The van der Waals surface area contributed by atoms with Crippen molar-refractivity contribution in [3.63, 3.8) is 0 Å². The summed E-state index contributed by atoms with van der Waals surface area (Å²) in [6.45, 7) is 5.13. The van der Waals surface area contributed by atoms with Crippen molar-refractivity contribution in [2.45, 2.75) is 57.6 Å². The maximum atomic E-state index is 6.18. The zero-order valence-electron chi connectivity index (χ0n) is 12.3. The Hall–Kier alpha value is -0.650. The van der Waals surface area contributed by atoms with Crippen LogP contribution in [0.2, 0.25) is 0 Å². The minimum atomic E-state index is 0.153. The summed E-state index contributed by atoms with van der Waals surface area (Å²) in [7, 11) is 0. The largest absolute Gasteiger partial charge is 0.376 e. The van der Waals surface area contributed by atoms with Gasteiger partial charge in [0, 0.05) is 30.6 Å². The van der Waals surface area contributed by atoms with Crippen LogP contribution in [0, 0.1) is 0 Å². The molecule has 1 aliphatic carbocycles. The number of hydrogen-bond acceptors (Lipinski definition) is 5. The number of hydrogen-bond donors (Lipinski definition) is 1. The molecular weight excluding hydrogens is 270 g/mol. The molecule has 0 radical (unpaired) electrons. The van der Waals surface area contributed by atoms with Gasteiger partial charge >= 0.3 is 0 Å². The van der Waals surface area contributed by atoms with Gasteiger partial charge in [0.25, 0.3) is 0 Å². The van der Waals surface area contributed by atoms with Crippen molar-refractivity contribution in [1.29, 1.82) is 0 Å². The van der Waals surface area contributed by atoms with Gasteiger partial charge in [-0.1, -0.05) is 6.92 Å². The van der Waals surface area contributed by atoms with Gasteiger partial charge in [0.15, 0.2) is 5.13 Å². The molecule has 1 aromatic heterocycles. The first-order valence-electron chi connectivity index (χ1n) is 7.89. The lowest BCUT2D eigenvalue weighted by atomic mass is 9.99. The number of fused-ring (bicyclic) bond motifs is 1. The molecule has 0 amide bonds. The predicted octanol–water partition coefficient (Wildman–Crippen LogP) is 2.87. The second-order valence-corrected chi connectivity index (χ2v) is 6.95. The summed E-state index contributed by atoms with van der Waals surface area (Å²) in [6.07, 6.45) is 7.29. The Balaban J connectivity index is 1.69. The zero-order chi connectivity index (χ0) is 13.9. The Labute approximate surface area is 125 Å². The van der Waals surface area contributed by atoms with Gasteiger partial charge in [-0.05, 0) is 38.5 Å². The van der Waals surface area contributed by atoms with E-state index in [0.717, 1.165) is 49.8 Å². The van der Waals surface area contributed by atoms with E-state index in [4.69, 9.17) is 15.5 Å². The van der Waals surface area contributed by atoms with Crippen LogP contribution < -0.4 is 10.6 Å². The smallest absolute Gasteiger partial charge is 0.185 e. The molecule has 5 heteroatoms. The van der Waals surface area contributed by atoms with Gasteiger partial charge in [-0.25, -0.2) is 4.98 Å². The van der Waals surface area contributed by atoms with E-state index in [0.29, 0.717) is 6.10 Å². The van der Waals surface area contributed by atoms with Crippen LogP contribution in [0.3, 0.4) is 0 Å². The normalized spacial score (nSPS) is 26.6. The van der Waals surface area contributed by atoms with Crippen molar-refractivity contribution in [2.75, 3.05) is 24.6 Å². The van der Waals surface area contributed by atoms with Crippen molar-refractivity contribution in [3.8, 4) is 0 Å². The molecule has 3 rings (SSSR count). The lowest BCUT2D eigenvalue weighted by Crippen LogP contribution is -2.39. The fourth-order valence-electron chi connectivity index (χ4n) is 3.11. The molecule has 0 spiro atoms. The summed E-state index contributed by atoms with van der Waals surface area (Å²) in [4.78, 5) is 8.65. The summed E-state index contributed by atoms with van der Waals surface area (Å²) in [5.74, 6) is 0. The second-order valence-electron chi connectivity index (χ2n) is 5.88. The average molecular weight is 295 g/mol. The summed E-state index contributed by atoms with van der Waals surface area (Å²) >= 11 is 1.85. The molecule has 112 valence electrons. The highest BCUT2D eigenvalue weighted by Crippen LogP contribution is 2.36. The van der Waals surface area contributed by atoms with E-state index >= 15 is 0 Å². The molecular formula is C15H25N3OS. The fraction of sp³-hybridized carbons (Fsp3) is 0.800. The Morgan fingerprint density at radius 3 is 3.10 bits per heavy atom. The highest BCUT2D eigenvalue weighted by atomic mass is 32.1. The molecule has 1 fully saturated rings. The van der Waals surface area contributed by atoms with E-state index in [2.05, 4.69) is 11.8 Å². The van der Waals surface area contributed by atoms with Gasteiger partial charge in [-0.2, -0.15) is 0 Å². The first kappa shape index (κ1) is 14.3.